The first-order valence-corrected chi connectivity index (χ1v) is 3.63. The molecular formula is C3H8P. The van der Waals surface area contributed by atoms with E-state index in [0.29, 0.717) is 0 Å². The topological polar surface area (TPSA) is 0 Å². The van der Waals surface area contributed by atoms with Gasteiger partial charge in [-0.05, 0) is 20.0 Å². The van der Waals surface area contributed by atoms with Gasteiger partial charge in [0.05, 0.1) is 0 Å². The Kier molecular flexibility index (Phi) is 1.91. The SMILES string of the molecule is [CH2]P(C)C. The average Bonchev–Trinajstić information content (AvgIpc) is 0.811. The Bertz CT molecular complexity index is 8.00. The molecule has 0 aromatic rings. The maximum absolute atomic E-state index is 3.70. The van der Waals surface area contributed by atoms with Crippen LogP contribution in [0.4, 0.5) is 0 Å². The molecule has 0 atom stereocenters. The second-order valence-corrected chi connectivity index (χ2v) is 3.24. The molecule has 1 radical (unpaired) electrons. The molecule has 0 aliphatic rings. The predicted molar refractivity (Wildman–Crippen MR) is 24.1 cm³/mol. The minimum Gasteiger partial charge on any atom is -0.113 e. The third-order valence-corrected chi connectivity index (χ3v) is 0. The van der Waals surface area contributed by atoms with Gasteiger partial charge < -0.3 is 0 Å². The van der Waals surface area contributed by atoms with Crippen LogP contribution in [0, 0.1) is 6.66 Å². The third kappa shape index (κ3) is 26.9. The van der Waals surface area contributed by atoms with E-state index in [2.05, 4.69) is 20.0 Å². The van der Waals surface area contributed by atoms with E-state index < -0.39 is 0 Å². The highest BCUT2D eigenvalue weighted by atomic mass is 31.1. The van der Waals surface area contributed by atoms with Crippen LogP contribution in [0.3, 0.4) is 0 Å². The molecule has 0 aliphatic heterocycles. The minimum absolute atomic E-state index is 0.130. The van der Waals surface area contributed by atoms with Crippen molar-refractivity contribution in [3.8, 4) is 0 Å². The van der Waals surface area contributed by atoms with Gasteiger partial charge in [0.2, 0.25) is 0 Å². The van der Waals surface area contributed by atoms with E-state index in [-0.39, 0.29) is 7.92 Å². The van der Waals surface area contributed by atoms with E-state index in [9.17, 15) is 0 Å². The smallest absolute Gasteiger partial charge is 0.0292 e. The lowest BCUT2D eigenvalue weighted by atomic mass is 11.9. The zero-order chi connectivity index (χ0) is 3.58. The van der Waals surface area contributed by atoms with Crippen LogP contribution in [-0.2, 0) is 0 Å². The molecule has 0 unspecified atom stereocenters. The van der Waals surface area contributed by atoms with Crippen LogP contribution in [0.15, 0.2) is 0 Å². The highest BCUT2D eigenvalue weighted by molar-refractivity contribution is 7.57. The molecule has 0 spiro atoms. The summed E-state index contributed by atoms with van der Waals surface area (Å²) in [5, 5.41) is 0. The van der Waals surface area contributed by atoms with Gasteiger partial charge in [0.25, 0.3) is 0 Å². The fourth-order valence-corrected chi connectivity index (χ4v) is 0. The van der Waals surface area contributed by atoms with Gasteiger partial charge in [-0.1, -0.05) is 0 Å². The normalized spacial score (nSPS) is 9.00. The van der Waals surface area contributed by atoms with E-state index in [1.807, 2.05) is 0 Å². The summed E-state index contributed by atoms with van der Waals surface area (Å²) in [6, 6.07) is 0. The molecular weight excluding hydrogens is 67.0 g/mol. The molecule has 0 rings (SSSR count). The highest BCUT2D eigenvalue weighted by Gasteiger charge is 1.66. The van der Waals surface area contributed by atoms with Crippen molar-refractivity contribution in [1.82, 2.24) is 0 Å². The maximum Gasteiger partial charge on any atom is -0.0292 e. The zero-order valence-corrected chi connectivity index (χ0v) is 4.05. The minimum atomic E-state index is 0.130. The van der Waals surface area contributed by atoms with Crippen LogP contribution in [0.25, 0.3) is 0 Å². The first kappa shape index (κ1) is 4.43. The van der Waals surface area contributed by atoms with Gasteiger partial charge in [-0.15, -0.1) is 7.92 Å². The van der Waals surface area contributed by atoms with E-state index in [1.165, 1.54) is 0 Å². The lowest BCUT2D eigenvalue weighted by Crippen LogP contribution is -1.43. The number of rotatable bonds is 0. The van der Waals surface area contributed by atoms with Crippen molar-refractivity contribution >= 4 is 7.92 Å². The Morgan fingerprint density at radius 1 is 1.50 bits per heavy atom. The van der Waals surface area contributed by atoms with Crippen LogP contribution < -0.4 is 0 Å². The van der Waals surface area contributed by atoms with Crippen LogP contribution in [0.5, 0.6) is 0 Å². The van der Waals surface area contributed by atoms with Crippen molar-refractivity contribution in [3.05, 3.63) is 6.66 Å². The summed E-state index contributed by atoms with van der Waals surface area (Å²) >= 11 is 0. The summed E-state index contributed by atoms with van der Waals surface area (Å²) < 4.78 is 0. The molecule has 0 aliphatic carbocycles. The number of hydrogen-bond donors (Lipinski definition) is 0. The standard InChI is InChI=1S/C3H8P/c1-4(2)3/h1H2,2-3H3. The van der Waals surface area contributed by atoms with Gasteiger partial charge >= 0.3 is 0 Å². The monoisotopic (exact) mass is 75.0 g/mol. The van der Waals surface area contributed by atoms with Crippen molar-refractivity contribution in [2.45, 2.75) is 0 Å². The molecule has 0 aromatic heterocycles. The van der Waals surface area contributed by atoms with Gasteiger partial charge in [-0.25, -0.2) is 0 Å². The molecule has 0 nitrogen and oxygen atoms in total. The summed E-state index contributed by atoms with van der Waals surface area (Å²) in [4.78, 5) is 0. The Morgan fingerprint density at radius 2 is 1.50 bits per heavy atom. The second-order valence-electron chi connectivity index (χ2n) is 1.08. The van der Waals surface area contributed by atoms with E-state index in [4.69, 9.17) is 0 Å². The van der Waals surface area contributed by atoms with Crippen molar-refractivity contribution in [2.24, 2.45) is 0 Å². The maximum atomic E-state index is 3.70. The Labute approximate surface area is 29.0 Å². The molecule has 0 amide bonds. The predicted octanol–water partition coefficient (Wildman–Crippen LogP) is 1.52. The Hall–Kier alpha value is 0.430. The largest absolute Gasteiger partial charge is 0.113 e. The fourth-order valence-electron chi connectivity index (χ4n) is 0. The van der Waals surface area contributed by atoms with Crippen molar-refractivity contribution < 1.29 is 0 Å². The lowest BCUT2D eigenvalue weighted by Gasteiger charge is -1.81. The third-order valence-electron chi connectivity index (χ3n) is 0. The van der Waals surface area contributed by atoms with Crippen LogP contribution in [-0.4, -0.2) is 13.3 Å². The first-order valence-electron chi connectivity index (χ1n) is 1.21. The van der Waals surface area contributed by atoms with Gasteiger partial charge in [-0.2, -0.15) is 0 Å². The molecule has 1 heteroatoms. The van der Waals surface area contributed by atoms with E-state index in [0.717, 1.165) is 0 Å². The molecule has 0 saturated carbocycles. The van der Waals surface area contributed by atoms with Crippen molar-refractivity contribution in [2.75, 3.05) is 13.3 Å². The number of hydrogen-bond acceptors (Lipinski definition) is 0. The molecule has 0 bridgehead atoms. The van der Waals surface area contributed by atoms with Crippen LogP contribution >= 0.6 is 7.92 Å². The van der Waals surface area contributed by atoms with Gasteiger partial charge in [0.15, 0.2) is 0 Å². The Morgan fingerprint density at radius 3 is 1.50 bits per heavy atom. The second kappa shape index (κ2) is 1.72. The van der Waals surface area contributed by atoms with Crippen LogP contribution in [0.1, 0.15) is 0 Å². The van der Waals surface area contributed by atoms with Gasteiger partial charge in [-0.3, -0.25) is 0 Å². The fraction of sp³-hybridized carbons (Fsp3) is 0.667. The van der Waals surface area contributed by atoms with Crippen molar-refractivity contribution in [1.29, 1.82) is 0 Å². The highest BCUT2D eigenvalue weighted by Crippen LogP contribution is 2.18. The molecule has 0 saturated heterocycles. The summed E-state index contributed by atoms with van der Waals surface area (Å²) in [5.41, 5.74) is 0. The molecule has 0 N–H and O–H groups in total. The quantitative estimate of drug-likeness (QED) is 0.383. The molecule has 4 heavy (non-hydrogen) atoms. The summed E-state index contributed by atoms with van der Waals surface area (Å²) in [6.45, 7) is 7.94. The molecule has 0 aromatic carbocycles. The molecule has 25 valence electrons. The molecule has 0 heterocycles. The van der Waals surface area contributed by atoms with Gasteiger partial charge in [0.1, 0.15) is 0 Å². The first-order chi connectivity index (χ1) is 1.73. The summed E-state index contributed by atoms with van der Waals surface area (Å²) in [7, 11) is 0.130. The molecule has 0 fully saturated rings. The van der Waals surface area contributed by atoms with E-state index in [1.54, 1.807) is 0 Å². The zero-order valence-electron chi connectivity index (χ0n) is 3.15. The average molecular weight is 75.1 g/mol. The van der Waals surface area contributed by atoms with Crippen molar-refractivity contribution in [3.63, 3.8) is 0 Å². The van der Waals surface area contributed by atoms with Crippen LogP contribution in [0.2, 0.25) is 0 Å². The Balaban J connectivity index is 2.32. The summed E-state index contributed by atoms with van der Waals surface area (Å²) in [5.74, 6) is 0. The van der Waals surface area contributed by atoms with E-state index >= 15 is 0 Å². The van der Waals surface area contributed by atoms with Gasteiger partial charge in [0, 0.05) is 0 Å². The summed E-state index contributed by atoms with van der Waals surface area (Å²) in [6.07, 6.45) is 0. The lowest BCUT2D eigenvalue weighted by molar-refractivity contribution is 2.22.